The van der Waals surface area contributed by atoms with Crippen LogP contribution in [0.2, 0.25) is 0 Å². The molecule has 1 amide bonds. The minimum atomic E-state index is -3.55. The summed E-state index contributed by atoms with van der Waals surface area (Å²) in [6.07, 6.45) is 0.985. The van der Waals surface area contributed by atoms with Gasteiger partial charge in [0.1, 0.15) is 12.6 Å². The summed E-state index contributed by atoms with van der Waals surface area (Å²) >= 11 is 0. The van der Waals surface area contributed by atoms with Crippen molar-refractivity contribution in [2.45, 2.75) is 44.6 Å². The number of likely N-dealkylation sites (tertiary alicyclic amines) is 1. The predicted molar refractivity (Wildman–Crippen MR) is 98.7 cm³/mol. The van der Waals surface area contributed by atoms with E-state index in [1.807, 2.05) is 0 Å². The summed E-state index contributed by atoms with van der Waals surface area (Å²) in [7, 11) is -3.55. The Hall–Kier alpha value is -2.22. The molecule has 0 unspecified atom stereocenters. The average Bonchev–Trinajstić information content (AvgIpc) is 3.10. The Morgan fingerprint density at radius 2 is 1.78 bits per heavy atom. The van der Waals surface area contributed by atoms with Crippen LogP contribution in [0.15, 0.2) is 35.2 Å². The molecule has 1 fully saturated rings. The molecule has 0 spiro atoms. The van der Waals surface area contributed by atoms with Crippen LogP contribution < -0.4 is 0 Å². The van der Waals surface area contributed by atoms with E-state index in [-0.39, 0.29) is 17.3 Å². The molecule has 1 heterocycles. The van der Waals surface area contributed by atoms with E-state index < -0.39 is 39.0 Å². The van der Waals surface area contributed by atoms with Crippen molar-refractivity contribution in [2.24, 2.45) is 5.41 Å². The maximum absolute atomic E-state index is 12.4. The van der Waals surface area contributed by atoms with Crippen LogP contribution in [0.5, 0.6) is 0 Å². The van der Waals surface area contributed by atoms with Crippen molar-refractivity contribution in [3.05, 3.63) is 30.3 Å². The van der Waals surface area contributed by atoms with E-state index in [1.165, 1.54) is 17.0 Å². The third-order valence-corrected chi connectivity index (χ3v) is 6.05. The molecule has 0 radical (unpaired) electrons. The number of ether oxygens (including phenoxy) is 1. The summed E-state index contributed by atoms with van der Waals surface area (Å²) in [4.78, 5) is 38.3. The fraction of sp³-hybridized carbons (Fsp3) is 0.526. The Balaban J connectivity index is 1.95. The number of Topliss-reactive ketones (excluding diaryl/α,β-unsaturated/α-hetero) is 1. The van der Waals surface area contributed by atoms with E-state index in [9.17, 15) is 22.8 Å². The average molecular weight is 395 g/mol. The molecule has 2 rings (SSSR count). The number of esters is 1. The number of hydrogen-bond donors (Lipinski definition) is 0. The molecule has 1 saturated heterocycles. The van der Waals surface area contributed by atoms with Gasteiger partial charge in [0, 0.05) is 12.0 Å². The van der Waals surface area contributed by atoms with Gasteiger partial charge in [0.05, 0.1) is 10.6 Å². The summed E-state index contributed by atoms with van der Waals surface area (Å²) < 4.78 is 29.5. The quantitative estimate of drug-likeness (QED) is 0.536. The SMILES string of the molecule is CC(C)(C)C(=O)C(=O)N1CCC[C@H]1C(=O)OCCS(=O)(=O)c1ccccc1. The van der Waals surface area contributed by atoms with Crippen LogP contribution >= 0.6 is 0 Å². The smallest absolute Gasteiger partial charge is 0.328 e. The van der Waals surface area contributed by atoms with Crippen molar-refractivity contribution < 1.29 is 27.5 Å². The molecule has 0 aliphatic carbocycles. The minimum absolute atomic E-state index is 0.162. The summed E-state index contributed by atoms with van der Waals surface area (Å²) in [5.74, 6) is -2.27. The maximum Gasteiger partial charge on any atom is 0.328 e. The van der Waals surface area contributed by atoms with E-state index in [2.05, 4.69) is 0 Å². The molecule has 148 valence electrons. The van der Waals surface area contributed by atoms with E-state index in [0.29, 0.717) is 19.4 Å². The lowest BCUT2D eigenvalue weighted by molar-refractivity contribution is -0.156. The zero-order valence-electron chi connectivity index (χ0n) is 15.8. The van der Waals surface area contributed by atoms with E-state index in [4.69, 9.17) is 4.74 Å². The van der Waals surface area contributed by atoms with Crippen LogP contribution in [0, 0.1) is 5.41 Å². The number of ketones is 1. The third kappa shape index (κ3) is 5.15. The fourth-order valence-corrected chi connectivity index (χ4v) is 3.91. The monoisotopic (exact) mass is 395 g/mol. The van der Waals surface area contributed by atoms with Gasteiger partial charge in [0.15, 0.2) is 9.84 Å². The number of amides is 1. The second-order valence-corrected chi connectivity index (χ2v) is 9.64. The Morgan fingerprint density at radius 1 is 1.15 bits per heavy atom. The molecule has 27 heavy (non-hydrogen) atoms. The number of carbonyl (C=O) groups is 3. The standard InChI is InChI=1S/C19H25NO6S/c1-19(2,3)16(21)17(22)20-11-7-10-15(20)18(23)26-12-13-27(24,25)14-8-5-4-6-9-14/h4-6,8-9,15H,7,10-13H2,1-3H3/t15-/m0/s1. The molecule has 7 nitrogen and oxygen atoms in total. The van der Waals surface area contributed by atoms with Crippen LogP contribution in [-0.2, 0) is 29.0 Å². The first kappa shape index (κ1) is 21.1. The van der Waals surface area contributed by atoms with Gasteiger partial charge in [-0.05, 0) is 25.0 Å². The second-order valence-electron chi connectivity index (χ2n) is 7.54. The van der Waals surface area contributed by atoms with Crippen molar-refractivity contribution in [2.75, 3.05) is 18.9 Å². The first-order valence-electron chi connectivity index (χ1n) is 8.84. The van der Waals surface area contributed by atoms with Crippen molar-refractivity contribution in [3.8, 4) is 0 Å². The molecule has 0 N–H and O–H groups in total. The van der Waals surface area contributed by atoms with Crippen LogP contribution in [0.25, 0.3) is 0 Å². The van der Waals surface area contributed by atoms with Crippen LogP contribution in [0.1, 0.15) is 33.6 Å². The van der Waals surface area contributed by atoms with Crippen LogP contribution in [0.4, 0.5) is 0 Å². The molecule has 0 aromatic heterocycles. The predicted octanol–water partition coefficient (Wildman–Crippen LogP) is 1.61. The number of sulfone groups is 1. The van der Waals surface area contributed by atoms with Crippen molar-refractivity contribution >= 4 is 27.5 Å². The third-order valence-electron chi connectivity index (χ3n) is 4.36. The molecule has 1 atom stereocenters. The lowest BCUT2D eigenvalue weighted by Crippen LogP contribution is -2.47. The Labute approximate surface area is 159 Å². The molecule has 1 aromatic rings. The normalized spacial score (nSPS) is 17.6. The number of nitrogens with zero attached hydrogens (tertiary/aromatic N) is 1. The van der Waals surface area contributed by atoms with Crippen molar-refractivity contribution in [3.63, 3.8) is 0 Å². The van der Waals surface area contributed by atoms with E-state index in [0.717, 1.165) is 0 Å². The molecule has 1 aromatic carbocycles. The Bertz CT molecular complexity index is 810. The molecular formula is C19H25NO6S. The van der Waals surface area contributed by atoms with Gasteiger partial charge in [0.25, 0.3) is 5.91 Å². The van der Waals surface area contributed by atoms with Gasteiger partial charge >= 0.3 is 5.97 Å². The highest BCUT2D eigenvalue weighted by molar-refractivity contribution is 7.91. The number of rotatable bonds is 6. The number of benzene rings is 1. The van der Waals surface area contributed by atoms with Crippen molar-refractivity contribution in [1.82, 2.24) is 4.90 Å². The summed E-state index contributed by atoms with van der Waals surface area (Å²) in [6.45, 7) is 4.94. The van der Waals surface area contributed by atoms with Gasteiger partial charge in [0.2, 0.25) is 5.78 Å². The van der Waals surface area contributed by atoms with Gasteiger partial charge in [-0.15, -0.1) is 0 Å². The number of carbonyl (C=O) groups excluding carboxylic acids is 3. The molecule has 1 aliphatic rings. The summed E-state index contributed by atoms with van der Waals surface area (Å²) in [5, 5.41) is 0. The van der Waals surface area contributed by atoms with E-state index in [1.54, 1.807) is 39.0 Å². The lowest BCUT2D eigenvalue weighted by atomic mass is 9.90. The lowest BCUT2D eigenvalue weighted by Gasteiger charge is -2.25. The number of hydrogen-bond acceptors (Lipinski definition) is 6. The summed E-state index contributed by atoms with van der Waals surface area (Å²) in [6, 6.07) is 7.06. The Kier molecular flexibility index (Phi) is 6.41. The Morgan fingerprint density at radius 3 is 2.37 bits per heavy atom. The van der Waals surface area contributed by atoms with Gasteiger partial charge in [-0.25, -0.2) is 13.2 Å². The zero-order chi connectivity index (χ0) is 20.2. The van der Waals surface area contributed by atoms with E-state index >= 15 is 0 Å². The highest BCUT2D eigenvalue weighted by Crippen LogP contribution is 2.23. The first-order chi connectivity index (χ1) is 12.5. The first-order valence-corrected chi connectivity index (χ1v) is 10.5. The maximum atomic E-state index is 12.4. The van der Waals surface area contributed by atoms with Crippen LogP contribution in [-0.4, -0.2) is 55.9 Å². The highest BCUT2D eigenvalue weighted by Gasteiger charge is 2.40. The topological polar surface area (TPSA) is 97.8 Å². The van der Waals surface area contributed by atoms with Gasteiger partial charge in [-0.3, -0.25) is 9.59 Å². The highest BCUT2D eigenvalue weighted by atomic mass is 32.2. The molecule has 0 saturated carbocycles. The largest absolute Gasteiger partial charge is 0.463 e. The molecular weight excluding hydrogens is 370 g/mol. The zero-order valence-corrected chi connectivity index (χ0v) is 16.6. The fourth-order valence-electron chi connectivity index (χ4n) is 2.80. The van der Waals surface area contributed by atoms with Gasteiger partial charge < -0.3 is 9.64 Å². The summed E-state index contributed by atoms with van der Waals surface area (Å²) in [5.41, 5.74) is -0.835. The van der Waals surface area contributed by atoms with Gasteiger partial charge in [-0.1, -0.05) is 39.0 Å². The molecule has 0 bridgehead atoms. The van der Waals surface area contributed by atoms with Gasteiger partial charge in [-0.2, -0.15) is 0 Å². The molecule has 1 aliphatic heterocycles. The molecule has 8 heteroatoms. The second kappa shape index (κ2) is 8.21. The van der Waals surface area contributed by atoms with Crippen molar-refractivity contribution in [1.29, 1.82) is 0 Å². The van der Waals surface area contributed by atoms with Crippen LogP contribution in [0.3, 0.4) is 0 Å². The minimum Gasteiger partial charge on any atom is -0.463 e.